The minimum absolute atomic E-state index is 0.121. The fourth-order valence-corrected chi connectivity index (χ4v) is 1.44. The molecule has 1 aromatic carbocycles. The molecule has 0 aliphatic rings. The van der Waals surface area contributed by atoms with E-state index in [0.717, 1.165) is 5.56 Å². The Kier molecular flexibility index (Phi) is 5.33. The van der Waals surface area contributed by atoms with Crippen molar-refractivity contribution in [2.75, 3.05) is 0 Å². The third kappa shape index (κ3) is 5.02. The topological polar surface area (TPSA) is 23.9 Å². The summed E-state index contributed by atoms with van der Waals surface area (Å²) >= 11 is 16.7. The van der Waals surface area contributed by atoms with Crippen molar-refractivity contribution in [1.29, 1.82) is 5.41 Å². The van der Waals surface area contributed by atoms with Crippen LogP contribution in [0.2, 0.25) is 0 Å². The molecule has 0 fully saturated rings. The van der Waals surface area contributed by atoms with Gasteiger partial charge in [-0.25, -0.2) is 0 Å². The summed E-state index contributed by atoms with van der Waals surface area (Å²) in [5, 5.41) is 7.49. The predicted octanol–water partition coefficient (Wildman–Crippen LogP) is 4.87. The fraction of sp³-hybridized carbons (Fsp3) is 0.250. The maximum Gasteiger partial charge on any atom is 0.228 e. The zero-order valence-electron chi connectivity index (χ0n) is 8.59. The van der Waals surface area contributed by atoms with Gasteiger partial charge >= 0.3 is 0 Å². The van der Waals surface area contributed by atoms with E-state index >= 15 is 0 Å². The van der Waals surface area contributed by atoms with Gasteiger partial charge in [-0.05, 0) is 18.4 Å². The normalized spacial score (nSPS) is 11.9. The number of hydrogen-bond acceptors (Lipinski definition) is 1. The van der Waals surface area contributed by atoms with Crippen LogP contribution in [-0.4, -0.2) is 9.50 Å². The van der Waals surface area contributed by atoms with E-state index < -0.39 is 3.79 Å². The highest BCUT2D eigenvalue weighted by Crippen LogP contribution is 2.29. The summed E-state index contributed by atoms with van der Waals surface area (Å²) in [7, 11) is 0. The largest absolute Gasteiger partial charge is 0.305 e. The van der Waals surface area contributed by atoms with Gasteiger partial charge in [0.1, 0.15) is 0 Å². The van der Waals surface area contributed by atoms with Crippen molar-refractivity contribution < 1.29 is 0 Å². The molecule has 0 saturated heterocycles. The van der Waals surface area contributed by atoms with Crippen LogP contribution in [0.1, 0.15) is 18.4 Å². The second-order valence-corrected chi connectivity index (χ2v) is 5.61. The Bertz CT molecular complexity index is 366. The maximum absolute atomic E-state index is 7.49. The first-order valence-corrected chi connectivity index (χ1v) is 6.00. The lowest BCUT2D eigenvalue weighted by molar-refractivity contribution is 1.06. The molecular weight excluding hydrogens is 264 g/mol. The van der Waals surface area contributed by atoms with Gasteiger partial charge in [0, 0.05) is 0 Å². The lowest BCUT2D eigenvalue weighted by Gasteiger charge is -2.10. The summed E-state index contributed by atoms with van der Waals surface area (Å²) in [6.45, 7) is 0. The SMILES string of the molecule is N=C(CC/C=C/c1ccccc1)C(Cl)(Cl)Cl. The van der Waals surface area contributed by atoms with E-state index in [1.807, 2.05) is 42.5 Å². The molecule has 0 aromatic heterocycles. The molecule has 0 amide bonds. The molecule has 0 aliphatic heterocycles. The second-order valence-electron chi connectivity index (χ2n) is 3.33. The quantitative estimate of drug-likeness (QED) is 0.599. The number of halogens is 3. The maximum atomic E-state index is 7.49. The Hall–Kier alpha value is -0.500. The summed E-state index contributed by atoms with van der Waals surface area (Å²) in [6.07, 6.45) is 5.12. The number of rotatable bonds is 4. The van der Waals surface area contributed by atoms with Crippen molar-refractivity contribution in [2.45, 2.75) is 16.6 Å². The Morgan fingerprint density at radius 3 is 2.38 bits per heavy atom. The average Bonchev–Trinajstić information content (AvgIpc) is 2.24. The molecule has 1 nitrogen and oxygen atoms in total. The monoisotopic (exact) mass is 275 g/mol. The third-order valence-electron chi connectivity index (χ3n) is 2.01. The van der Waals surface area contributed by atoms with Crippen LogP contribution in [-0.2, 0) is 0 Å². The highest BCUT2D eigenvalue weighted by Gasteiger charge is 2.24. The van der Waals surface area contributed by atoms with Gasteiger partial charge in [-0.1, -0.05) is 77.3 Å². The van der Waals surface area contributed by atoms with E-state index in [2.05, 4.69) is 0 Å². The number of alkyl halides is 3. The van der Waals surface area contributed by atoms with Crippen molar-refractivity contribution in [3.63, 3.8) is 0 Å². The number of allylic oxidation sites excluding steroid dienone is 1. The van der Waals surface area contributed by atoms with Gasteiger partial charge in [0.25, 0.3) is 0 Å². The number of hydrogen-bond donors (Lipinski definition) is 1. The van der Waals surface area contributed by atoms with Gasteiger partial charge in [0.15, 0.2) is 0 Å². The van der Waals surface area contributed by atoms with E-state index in [1.54, 1.807) is 0 Å². The molecule has 4 heteroatoms. The van der Waals surface area contributed by atoms with Crippen molar-refractivity contribution >= 4 is 46.6 Å². The Morgan fingerprint density at radius 2 is 1.81 bits per heavy atom. The molecule has 16 heavy (non-hydrogen) atoms. The zero-order chi connectivity index (χ0) is 12.0. The number of benzene rings is 1. The highest BCUT2D eigenvalue weighted by atomic mass is 35.6. The summed E-state index contributed by atoms with van der Waals surface area (Å²) in [6, 6.07) is 9.94. The molecule has 86 valence electrons. The van der Waals surface area contributed by atoms with Crippen LogP contribution in [0.15, 0.2) is 36.4 Å². The van der Waals surface area contributed by atoms with Crippen LogP contribution in [0.4, 0.5) is 0 Å². The van der Waals surface area contributed by atoms with E-state index in [4.69, 9.17) is 40.2 Å². The lowest BCUT2D eigenvalue weighted by atomic mass is 10.1. The van der Waals surface area contributed by atoms with Crippen molar-refractivity contribution in [1.82, 2.24) is 0 Å². The number of nitrogens with one attached hydrogen (secondary N) is 1. The molecule has 0 bridgehead atoms. The van der Waals surface area contributed by atoms with Crippen LogP contribution in [0, 0.1) is 5.41 Å². The minimum atomic E-state index is -1.57. The molecule has 0 saturated carbocycles. The van der Waals surface area contributed by atoms with E-state index in [-0.39, 0.29) is 5.71 Å². The molecule has 0 unspecified atom stereocenters. The van der Waals surface area contributed by atoms with E-state index in [0.29, 0.717) is 12.8 Å². The Morgan fingerprint density at radius 1 is 1.19 bits per heavy atom. The molecule has 0 aliphatic carbocycles. The van der Waals surface area contributed by atoms with Gasteiger partial charge in [-0.15, -0.1) is 0 Å². The standard InChI is InChI=1S/C12H12Cl3N/c13-12(14,15)11(16)9-5-4-8-10-6-2-1-3-7-10/h1-4,6-8,16H,5,9H2/b8-4+,16-11?. The van der Waals surface area contributed by atoms with Crippen LogP contribution in [0.25, 0.3) is 6.08 Å². The van der Waals surface area contributed by atoms with Gasteiger partial charge in [-0.2, -0.15) is 0 Å². The molecule has 0 atom stereocenters. The molecule has 1 aromatic rings. The molecule has 0 spiro atoms. The zero-order valence-corrected chi connectivity index (χ0v) is 10.9. The minimum Gasteiger partial charge on any atom is -0.305 e. The van der Waals surface area contributed by atoms with E-state index in [9.17, 15) is 0 Å². The highest BCUT2D eigenvalue weighted by molar-refractivity contribution is 6.76. The summed E-state index contributed by atoms with van der Waals surface area (Å²) in [4.78, 5) is 0. The van der Waals surface area contributed by atoms with Gasteiger partial charge in [0.05, 0.1) is 5.71 Å². The Balaban J connectivity index is 2.37. The molecule has 0 heterocycles. The second kappa shape index (κ2) is 6.29. The van der Waals surface area contributed by atoms with Crippen molar-refractivity contribution in [3.05, 3.63) is 42.0 Å². The van der Waals surface area contributed by atoms with Crippen molar-refractivity contribution in [2.24, 2.45) is 0 Å². The summed E-state index contributed by atoms with van der Waals surface area (Å²) in [5.74, 6) is 0. The first kappa shape index (κ1) is 13.6. The van der Waals surface area contributed by atoms with Crippen molar-refractivity contribution in [3.8, 4) is 0 Å². The van der Waals surface area contributed by atoms with Gasteiger partial charge < -0.3 is 5.41 Å². The third-order valence-corrected chi connectivity index (χ3v) is 2.70. The molecule has 1 rings (SSSR count). The van der Waals surface area contributed by atoms with Crippen LogP contribution in [0.5, 0.6) is 0 Å². The lowest BCUT2D eigenvalue weighted by Crippen LogP contribution is -2.17. The van der Waals surface area contributed by atoms with Gasteiger partial charge in [-0.3, -0.25) is 0 Å². The van der Waals surface area contributed by atoms with Crippen LogP contribution >= 0.6 is 34.8 Å². The van der Waals surface area contributed by atoms with Gasteiger partial charge in [0.2, 0.25) is 3.79 Å². The molecule has 1 N–H and O–H groups in total. The first-order chi connectivity index (χ1) is 7.50. The van der Waals surface area contributed by atoms with Crippen LogP contribution < -0.4 is 0 Å². The average molecular weight is 277 g/mol. The fourth-order valence-electron chi connectivity index (χ4n) is 1.15. The molecule has 0 radical (unpaired) electrons. The molecular formula is C12H12Cl3N. The Labute approximate surface area is 111 Å². The summed E-state index contributed by atoms with van der Waals surface area (Å²) in [5.41, 5.74) is 1.25. The van der Waals surface area contributed by atoms with E-state index in [1.165, 1.54) is 0 Å². The summed E-state index contributed by atoms with van der Waals surface area (Å²) < 4.78 is -1.57. The first-order valence-electron chi connectivity index (χ1n) is 4.86. The predicted molar refractivity (Wildman–Crippen MR) is 72.7 cm³/mol. The van der Waals surface area contributed by atoms with Crippen LogP contribution in [0.3, 0.4) is 0 Å². The smallest absolute Gasteiger partial charge is 0.228 e.